The van der Waals surface area contributed by atoms with E-state index in [1.165, 1.54) is 29.7 Å². The highest BCUT2D eigenvalue weighted by Gasteiger charge is 2.30. The number of hydrogen-bond donors (Lipinski definition) is 2. The van der Waals surface area contributed by atoms with Crippen LogP contribution in [0.3, 0.4) is 0 Å². The van der Waals surface area contributed by atoms with Crippen molar-refractivity contribution in [1.29, 1.82) is 0 Å². The Morgan fingerprint density at radius 2 is 2.21 bits per heavy atom. The summed E-state index contributed by atoms with van der Waals surface area (Å²) in [5.41, 5.74) is 7.91. The lowest BCUT2D eigenvalue weighted by Crippen LogP contribution is -2.33. The summed E-state index contributed by atoms with van der Waals surface area (Å²) < 4.78 is 1.12. The average Bonchev–Trinajstić information content (AvgIpc) is 3.16. The topological polar surface area (TPSA) is 55.1 Å². The smallest absolute Gasteiger partial charge is 0.263 e. The van der Waals surface area contributed by atoms with E-state index in [-0.39, 0.29) is 11.9 Å². The van der Waals surface area contributed by atoms with Crippen LogP contribution in [0.5, 0.6) is 0 Å². The molecule has 0 aliphatic heterocycles. The van der Waals surface area contributed by atoms with E-state index in [4.69, 9.17) is 5.73 Å². The third-order valence-electron chi connectivity index (χ3n) is 3.84. The van der Waals surface area contributed by atoms with Crippen molar-refractivity contribution in [2.75, 3.05) is 5.73 Å². The first kappa shape index (κ1) is 12.5. The summed E-state index contributed by atoms with van der Waals surface area (Å²) in [7, 11) is 0. The van der Waals surface area contributed by atoms with Crippen LogP contribution in [0.1, 0.15) is 35.0 Å². The number of fused-ring (bicyclic) bond motifs is 1. The van der Waals surface area contributed by atoms with Gasteiger partial charge in [-0.05, 0) is 38.2 Å². The fourth-order valence-electron chi connectivity index (χ4n) is 2.43. The summed E-state index contributed by atoms with van der Waals surface area (Å²) in [5.74, 6) is 0.624. The maximum absolute atomic E-state index is 12.3. The van der Waals surface area contributed by atoms with Crippen LogP contribution in [0.4, 0.5) is 5.69 Å². The van der Waals surface area contributed by atoms with Crippen LogP contribution in [0.15, 0.2) is 18.2 Å². The highest BCUT2D eigenvalue weighted by atomic mass is 32.1. The quantitative estimate of drug-likeness (QED) is 0.902. The summed E-state index contributed by atoms with van der Waals surface area (Å²) >= 11 is 1.50. The predicted molar refractivity (Wildman–Crippen MR) is 80.6 cm³/mol. The van der Waals surface area contributed by atoms with E-state index < -0.39 is 0 Å². The Hall–Kier alpha value is -1.55. The fraction of sp³-hybridized carbons (Fsp3) is 0.400. The molecule has 1 aromatic carbocycles. The molecule has 1 aliphatic rings. The second kappa shape index (κ2) is 4.53. The normalized spacial score (nSPS) is 16.5. The maximum atomic E-state index is 12.3. The summed E-state index contributed by atoms with van der Waals surface area (Å²) in [4.78, 5) is 13.0. The van der Waals surface area contributed by atoms with Gasteiger partial charge < -0.3 is 11.1 Å². The van der Waals surface area contributed by atoms with Gasteiger partial charge in [0.1, 0.15) is 4.88 Å². The maximum Gasteiger partial charge on any atom is 0.263 e. The zero-order valence-corrected chi connectivity index (χ0v) is 12.0. The number of hydrogen-bond acceptors (Lipinski definition) is 3. The van der Waals surface area contributed by atoms with E-state index in [0.29, 0.717) is 16.5 Å². The molecule has 1 aromatic heterocycles. The molecule has 3 N–H and O–H groups in total. The Morgan fingerprint density at radius 3 is 2.84 bits per heavy atom. The molecule has 0 saturated heterocycles. The molecule has 0 bridgehead atoms. The Labute approximate surface area is 116 Å². The highest BCUT2D eigenvalue weighted by molar-refractivity contribution is 7.21. The number of nitrogens with two attached hydrogens (primary N) is 1. The second-order valence-corrected chi connectivity index (χ2v) is 6.42. The Kier molecular flexibility index (Phi) is 2.97. The number of benzene rings is 1. The number of nitrogen functional groups attached to an aromatic ring is 1. The lowest BCUT2D eigenvalue weighted by atomic mass is 10.1. The largest absolute Gasteiger partial charge is 0.397 e. The lowest BCUT2D eigenvalue weighted by molar-refractivity contribution is 0.0941. The standard InChI is InChI=1S/C15H18N2OS/c1-8-4-3-5-11-12(16)14(19-13(8)11)15(18)17-9(2)10-6-7-10/h3-5,9-10H,6-7,16H2,1-2H3,(H,17,18). The van der Waals surface area contributed by atoms with Gasteiger partial charge in [-0.25, -0.2) is 0 Å². The Balaban J connectivity index is 1.93. The van der Waals surface area contributed by atoms with Gasteiger partial charge >= 0.3 is 0 Å². The van der Waals surface area contributed by atoms with Crippen molar-refractivity contribution in [2.24, 2.45) is 5.92 Å². The van der Waals surface area contributed by atoms with Crippen molar-refractivity contribution < 1.29 is 4.79 Å². The summed E-state index contributed by atoms with van der Waals surface area (Å²) in [6.07, 6.45) is 2.45. The van der Waals surface area contributed by atoms with Crippen LogP contribution in [0.2, 0.25) is 0 Å². The highest BCUT2D eigenvalue weighted by Crippen LogP contribution is 2.36. The number of thiophene rings is 1. The fourth-order valence-corrected chi connectivity index (χ4v) is 3.53. The molecule has 3 nitrogen and oxygen atoms in total. The number of rotatable bonds is 3. The first-order valence-electron chi connectivity index (χ1n) is 6.66. The monoisotopic (exact) mass is 274 g/mol. The minimum Gasteiger partial charge on any atom is -0.397 e. The molecule has 1 unspecified atom stereocenters. The van der Waals surface area contributed by atoms with Gasteiger partial charge in [-0.15, -0.1) is 11.3 Å². The van der Waals surface area contributed by atoms with Crippen LogP contribution in [0, 0.1) is 12.8 Å². The van der Waals surface area contributed by atoms with Gasteiger partial charge in [0.25, 0.3) is 5.91 Å². The number of aryl methyl sites for hydroxylation is 1. The first-order valence-corrected chi connectivity index (χ1v) is 7.48. The lowest BCUT2D eigenvalue weighted by Gasteiger charge is -2.11. The van der Waals surface area contributed by atoms with Crippen LogP contribution in [0.25, 0.3) is 10.1 Å². The first-order chi connectivity index (χ1) is 9.08. The minimum absolute atomic E-state index is 0.0301. The van der Waals surface area contributed by atoms with E-state index in [1.54, 1.807) is 0 Å². The molecule has 2 aromatic rings. The van der Waals surface area contributed by atoms with Crippen LogP contribution < -0.4 is 11.1 Å². The zero-order valence-electron chi connectivity index (χ0n) is 11.2. The molecular formula is C15H18N2OS. The van der Waals surface area contributed by atoms with Crippen molar-refractivity contribution in [1.82, 2.24) is 5.32 Å². The van der Waals surface area contributed by atoms with Crippen molar-refractivity contribution in [3.05, 3.63) is 28.6 Å². The third-order valence-corrected chi connectivity index (χ3v) is 5.20. The molecule has 0 spiro atoms. The van der Waals surface area contributed by atoms with Crippen molar-refractivity contribution in [2.45, 2.75) is 32.7 Å². The molecule has 100 valence electrons. The molecule has 19 heavy (non-hydrogen) atoms. The summed E-state index contributed by atoms with van der Waals surface area (Å²) in [6, 6.07) is 6.26. The number of carbonyl (C=O) groups excluding carboxylic acids is 1. The molecule has 0 radical (unpaired) electrons. The molecule has 1 fully saturated rings. The van der Waals surface area contributed by atoms with Gasteiger partial charge in [-0.2, -0.15) is 0 Å². The minimum atomic E-state index is -0.0301. The molecule has 1 amide bonds. The molecule has 1 saturated carbocycles. The second-order valence-electron chi connectivity index (χ2n) is 5.40. The Morgan fingerprint density at radius 1 is 1.47 bits per heavy atom. The molecule has 1 aliphatic carbocycles. The van der Waals surface area contributed by atoms with Gasteiger partial charge in [0.05, 0.1) is 5.69 Å². The molecule has 1 heterocycles. The van der Waals surface area contributed by atoms with Crippen LogP contribution in [-0.4, -0.2) is 11.9 Å². The van der Waals surface area contributed by atoms with Gasteiger partial charge in [0.2, 0.25) is 0 Å². The van der Waals surface area contributed by atoms with Gasteiger partial charge in [-0.1, -0.05) is 18.2 Å². The number of anilines is 1. The average molecular weight is 274 g/mol. The molecule has 4 heteroatoms. The Bertz CT molecular complexity index is 643. The van der Waals surface area contributed by atoms with Crippen molar-refractivity contribution in [3.8, 4) is 0 Å². The molecular weight excluding hydrogens is 256 g/mol. The van der Waals surface area contributed by atoms with E-state index in [2.05, 4.69) is 12.2 Å². The zero-order chi connectivity index (χ0) is 13.6. The summed E-state index contributed by atoms with van der Waals surface area (Å²) in [5, 5.41) is 4.07. The van der Waals surface area contributed by atoms with E-state index >= 15 is 0 Å². The van der Waals surface area contributed by atoms with Crippen LogP contribution in [-0.2, 0) is 0 Å². The van der Waals surface area contributed by atoms with E-state index in [9.17, 15) is 4.79 Å². The van der Waals surface area contributed by atoms with Gasteiger partial charge in [0.15, 0.2) is 0 Å². The van der Waals surface area contributed by atoms with Crippen molar-refractivity contribution in [3.63, 3.8) is 0 Å². The van der Waals surface area contributed by atoms with Gasteiger partial charge in [0, 0.05) is 16.1 Å². The number of nitrogens with one attached hydrogen (secondary N) is 1. The SMILES string of the molecule is Cc1cccc2c(N)c(C(=O)NC(C)C3CC3)sc12. The van der Waals surface area contributed by atoms with E-state index in [0.717, 1.165) is 10.1 Å². The predicted octanol–water partition coefficient (Wildman–Crippen LogP) is 3.32. The number of amides is 1. The third kappa shape index (κ3) is 2.21. The summed E-state index contributed by atoms with van der Waals surface area (Å²) in [6.45, 7) is 4.12. The van der Waals surface area contributed by atoms with Crippen molar-refractivity contribution >= 4 is 33.0 Å². The molecule has 3 rings (SSSR count). The van der Waals surface area contributed by atoms with Crippen LogP contribution >= 0.6 is 11.3 Å². The molecule has 1 atom stereocenters. The van der Waals surface area contributed by atoms with E-state index in [1.807, 2.05) is 25.1 Å². The number of carbonyl (C=O) groups is 1. The van der Waals surface area contributed by atoms with Gasteiger partial charge in [-0.3, -0.25) is 4.79 Å².